The molecule has 0 saturated heterocycles. The molecule has 1 amide bonds. The van der Waals surface area contributed by atoms with E-state index >= 15 is 0 Å². The predicted molar refractivity (Wildman–Crippen MR) is 85.5 cm³/mol. The molecular formula is C16H21N3O2S. The number of hydrogen-bond acceptors (Lipinski definition) is 5. The first-order chi connectivity index (χ1) is 10.8. The molecule has 0 radical (unpaired) electrons. The lowest BCUT2D eigenvalue weighted by Crippen LogP contribution is -2.33. The number of thiophene rings is 1. The van der Waals surface area contributed by atoms with Crippen molar-refractivity contribution in [1.29, 1.82) is 0 Å². The van der Waals surface area contributed by atoms with E-state index in [1.807, 2.05) is 22.4 Å². The highest BCUT2D eigenvalue weighted by Gasteiger charge is 2.26. The number of rotatable bonds is 8. The Kier molecular flexibility index (Phi) is 4.87. The van der Waals surface area contributed by atoms with Gasteiger partial charge in [0, 0.05) is 25.9 Å². The second kappa shape index (κ2) is 7.05. The van der Waals surface area contributed by atoms with Crippen LogP contribution in [0.15, 0.2) is 22.0 Å². The minimum absolute atomic E-state index is 0.199. The maximum atomic E-state index is 12.3. The summed E-state index contributed by atoms with van der Waals surface area (Å²) in [4.78, 5) is 19.7. The molecule has 118 valence electrons. The Morgan fingerprint density at radius 3 is 3.05 bits per heavy atom. The highest BCUT2D eigenvalue weighted by molar-refractivity contribution is 7.13. The zero-order chi connectivity index (χ0) is 15.4. The van der Waals surface area contributed by atoms with E-state index in [4.69, 9.17) is 4.52 Å². The van der Waals surface area contributed by atoms with Gasteiger partial charge in [-0.05, 0) is 36.6 Å². The first kappa shape index (κ1) is 15.2. The third-order valence-corrected chi connectivity index (χ3v) is 4.65. The maximum absolute atomic E-state index is 12.3. The predicted octanol–water partition coefficient (Wildman–Crippen LogP) is 3.38. The topological polar surface area (TPSA) is 59.2 Å². The number of nitrogens with zero attached hydrogens (tertiary/aromatic N) is 3. The molecule has 1 aliphatic carbocycles. The van der Waals surface area contributed by atoms with Crippen molar-refractivity contribution in [2.24, 2.45) is 5.92 Å². The van der Waals surface area contributed by atoms with Crippen LogP contribution in [0, 0.1) is 5.92 Å². The number of aromatic nitrogens is 2. The average Bonchev–Trinajstić information content (AvgIpc) is 3.01. The molecule has 0 unspecified atom stereocenters. The summed E-state index contributed by atoms with van der Waals surface area (Å²) in [6.07, 6.45) is 4.49. The standard InChI is InChI=1S/C16H21N3O2S/c1-2-9-19(11-12-5-6-12)15(20)8-7-14-17-16(18-21-14)13-4-3-10-22-13/h3-4,10,12H,2,5-9,11H2,1H3. The van der Waals surface area contributed by atoms with Crippen molar-refractivity contribution < 1.29 is 9.32 Å². The van der Waals surface area contributed by atoms with Gasteiger partial charge in [0.25, 0.3) is 0 Å². The number of amides is 1. The molecule has 22 heavy (non-hydrogen) atoms. The lowest BCUT2D eigenvalue weighted by molar-refractivity contribution is -0.131. The molecule has 0 spiro atoms. The Morgan fingerprint density at radius 1 is 1.50 bits per heavy atom. The Bertz CT molecular complexity index is 605. The van der Waals surface area contributed by atoms with Gasteiger partial charge >= 0.3 is 0 Å². The smallest absolute Gasteiger partial charge is 0.227 e. The van der Waals surface area contributed by atoms with Crippen molar-refractivity contribution in [1.82, 2.24) is 15.0 Å². The van der Waals surface area contributed by atoms with Crippen LogP contribution in [-0.2, 0) is 11.2 Å². The molecule has 0 aliphatic heterocycles. The zero-order valence-corrected chi connectivity index (χ0v) is 13.6. The van der Waals surface area contributed by atoms with E-state index in [0.29, 0.717) is 24.6 Å². The lowest BCUT2D eigenvalue weighted by atomic mass is 10.2. The van der Waals surface area contributed by atoms with E-state index < -0.39 is 0 Å². The molecule has 1 fully saturated rings. The van der Waals surface area contributed by atoms with E-state index in [-0.39, 0.29) is 5.91 Å². The highest BCUT2D eigenvalue weighted by Crippen LogP contribution is 2.30. The maximum Gasteiger partial charge on any atom is 0.227 e. The summed E-state index contributed by atoms with van der Waals surface area (Å²) in [7, 11) is 0. The molecule has 0 N–H and O–H groups in total. The van der Waals surface area contributed by atoms with E-state index in [9.17, 15) is 4.79 Å². The third kappa shape index (κ3) is 3.94. The van der Waals surface area contributed by atoms with Crippen LogP contribution < -0.4 is 0 Å². The Balaban J connectivity index is 1.53. The molecule has 6 heteroatoms. The molecule has 2 aromatic heterocycles. The summed E-state index contributed by atoms with van der Waals surface area (Å²) in [5.41, 5.74) is 0. The van der Waals surface area contributed by atoms with E-state index in [1.165, 1.54) is 12.8 Å². The van der Waals surface area contributed by atoms with E-state index in [2.05, 4.69) is 17.1 Å². The van der Waals surface area contributed by atoms with E-state index in [0.717, 1.165) is 30.3 Å². The summed E-state index contributed by atoms with van der Waals surface area (Å²) in [6.45, 7) is 3.87. The minimum Gasteiger partial charge on any atom is -0.342 e. The molecule has 1 aliphatic rings. The number of aryl methyl sites for hydroxylation is 1. The van der Waals surface area contributed by atoms with Crippen LogP contribution in [-0.4, -0.2) is 34.0 Å². The fraction of sp³-hybridized carbons (Fsp3) is 0.562. The largest absolute Gasteiger partial charge is 0.342 e. The molecule has 1 saturated carbocycles. The molecule has 5 nitrogen and oxygen atoms in total. The van der Waals surface area contributed by atoms with Crippen molar-refractivity contribution in [3.8, 4) is 10.7 Å². The fourth-order valence-electron chi connectivity index (χ4n) is 2.43. The molecule has 0 bridgehead atoms. The van der Waals surface area contributed by atoms with Crippen LogP contribution in [0.25, 0.3) is 10.7 Å². The van der Waals surface area contributed by atoms with Gasteiger partial charge in [-0.1, -0.05) is 18.1 Å². The van der Waals surface area contributed by atoms with Gasteiger partial charge in [0.2, 0.25) is 17.6 Å². The first-order valence-electron chi connectivity index (χ1n) is 7.90. The zero-order valence-electron chi connectivity index (χ0n) is 12.8. The van der Waals surface area contributed by atoms with Crippen LogP contribution >= 0.6 is 11.3 Å². The summed E-state index contributed by atoms with van der Waals surface area (Å²) < 4.78 is 5.25. The van der Waals surface area contributed by atoms with Gasteiger partial charge in [-0.25, -0.2) is 0 Å². The monoisotopic (exact) mass is 319 g/mol. The molecule has 2 aromatic rings. The minimum atomic E-state index is 0.199. The molecule has 0 aromatic carbocycles. The number of carbonyl (C=O) groups is 1. The Morgan fingerprint density at radius 2 is 2.36 bits per heavy atom. The quantitative estimate of drug-likeness (QED) is 0.748. The molecular weight excluding hydrogens is 298 g/mol. The van der Waals surface area contributed by atoms with Crippen molar-refractivity contribution in [3.05, 3.63) is 23.4 Å². The molecule has 0 atom stereocenters. The summed E-state index contributed by atoms with van der Waals surface area (Å²) >= 11 is 1.58. The van der Waals surface area contributed by atoms with Crippen LogP contribution in [0.2, 0.25) is 0 Å². The van der Waals surface area contributed by atoms with Gasteiger partial charge in [0.1, 0.15) is 0 Å². The summed E-state index contributed by atoms with van der Waals surface area (Å²) in [6, 6.07) is 3.92. The fourth-order valence-corrected chi connectivity index (χ4v) is 3.08. The van der Waals surface area contributed by atoms with Crippen molar-refractivity contribution >= 4 is 17.2 Å². The van der Waals surface area contributed by atoms with Crippen molar-refractivity contribution in [3.63, 3.8) is 0 Å². The Labute approximate surface area is 134 Å². The SMILES string of the molecule is CCCN(CC1CC1)C(=O)CCc1nc(-c2cccs2)no1. The highest BCUT2D eigenvalue weighted by atomic mass is 32.1. The second-order valence-electron chi connectivity index (χ2n) is 5.77. The average molecular weight is 319 g/mol. The van der Waals surface area contributed by atoms with Gasteiger partial charge in [-0.3, -0.25) is 4.79 Å². The Hall–Kier alpha value is -1.69. The van der Waals surface area contributed by atoms with Gasteiger partial charge in [-0.2, -0.15) is 4.98 Å². The normalized spacial score (nSPS) is 14.2. The van der Waals surface area contributed by atoms with Gasteiger partial charge in [0.15, 0.2) is 0 Å². The number of hydrogen-bond donors (Lipinski definition) is 0. The lowest BCUT2D eigenvalue weighted by Gasteiger charge is -2.21. The van der Waals surface area contributed by atoms with Crippen molar-refractivity contribution in [2.45, 2.75) is 39.0 Å². The van der Waals surface area contributed by atoms with Gasteiger partial charge in [0.05, 0.1) is 4.88 Å². The van der Waals surface area contributed by atoms with Crippen LogP contribution in [0.5, 0.6) is 0 Å². The van der Waals surface area contributed by atoms with Crippen LogP contribution in [0.1, 0.15) is 38.5 Å². The molecule has 3 rings (SSSR count). The van der Waals surface area contributed by atoms with Crippen LogP contribution in [0.4, 0.5) is 0 Å². The van der Waals surface area contributed by atoms with Gasteiger partial charge < -0.3 is 9.42 Å². The van der Waals surface area contributed by atoms with Crippen LogP contribution in [0.3, 0.4) is 0 Å². The third-order valence-electron chi connectivity index (χ3n) is 3.78. The van der Waals surface area contributed by atoms with E-state index in [1.54, 1.807) is 11.3 Å². The number of carbonyl (C=O) groups excluding carboxylic acids is 1. The van der Waals surface area contributed by atoms with Crippen molar-refractivity contribution in [2.75, 3.05) is 13.1 Å². The summed E-state index contributed by atoms with van der Waals surface area (Å²) in [5, 5.41) is 5.96. The van der Waals surface area contributed by atoms with Gasteiger partial charge in [-0.15, -0.1) is 11.3 Å². The first-order valence-corrected chi connectivity index (χ1v) is 8.78. The molecule has 2 heterocycles. The summed E-state index contributed by atoms with van der Waals surface area (Å²) in [5.74, 6) is 2.08. The second-order valence-corrected chi connectivity index (χ2v) is 6.72.